The fraction of sp³-hybridized carbons (Fsp3) is 0.774. The number of hydrogen-bond acceptors (Lipinski definition) is 7. The first-order chi connectivity index (χ1) is 30.4. The maximum Gasteiger partial charge on any atom is 0.306 e. The standard InChI is InChI=1S/C53H97N2O7P/c1-7-10-13-16-19-22-25-27-30-33-36-39-42-45-52(56)54-50(49-61-63(58,59)60-48-47-55(4,5)6)51(44-41-38-35-32-29-24-21-18-15-12-9-3)62-53(57)46-43-40-37-34-31-28-26-23-20-17-14-11-8-2/h27-28,30-31,36-37,39-41,44,50-51H,7-26,29,32-35,38,42-43,45-49H2,1-6H3,(H-,54,56,58,59)/b30-27-,31-28-,39-36+,40-37+,44-41+. The van der Waals surface area contributed by atoms with Crippen molar-refractivity contribution in [3.63, 3.8) is 0 Å². The van der Waals surface area contributed by atoms with E-state index in [0.717, 1.165) is 44.9 Å². The highest BCUT2D eigenvalue weighted by Gasteiger charge is 2.27. The van der Waals surface area contributed by atoms with Crippen molar-refractivity contribution in [2.45, 2.75) is 226 Å². The maximum atomic E-state index is 13.3. The van der Waals surface area contributed by atoms with Gasteiger partial charge < -0.3 is 28.5 Å². The van der Waals surface area contributed by atoms with E-state index in [2.05, 4.69) is 62.5 Å². The number of unbranched alkanes of at least 4 members (excludes halogenated alkanes) is 21. The summed E-state index contributed by atoms with van der Waals surface area (Å²) in [5, 5.41) is 2.95. The quantitative estimate of drug-likeness (QED) is 0.0213. The molecule has 0 aliphatic carbocycles. The third-order valence-corrected chi connectivity index (χ3v) is 11.9. The molecule has 1 N–H and O–H groups in total. The SMILES string of the molecule is CCCCCCCC/C=C\C/C=C/CCC(=O)NC(COP(=O)([O-])OCC[N+](C)(C)C)C(/C=C/CCCCCCCCCCC)OC(=O)CC/C=C/C/C=C\CCCCCCCC. The molecule has 3 atom stereocenters. The van der Waals surface area contributed by atoms with Crippen molar-refractivity contribution in [2.24, 2.45) is 0 Å². The molecule has 0 bridgehead atoms. The summed E-state index contributed by atoms with van der Waals surface area (Å²) in [5.41, 5.74) is 0. The van der Waals surface area contributed by atoms with Gasteiger partial charge in [0.1, 0.15) is 19.3 Å². The molecule has 10 heteroatoms. The highest BCUT2D eigenvalue weighted by molar-refractivity contribution is 7.45. The van der Waals surface area contributed by atoms with Crippen LogP contribution in [0.25, 0.3) is 0 Å². The summed E-state index contributed by atoms with van der Waals surface area (Å²) < 4.78 is 30.0. The largest absolute Gasteiger partial charge is 0.756 e. The molecule has 0 spiro atoms. The number of phosphoric acid groups is 1. The number of carbonyl (C=O) groups excluding carboxylic acids is 2. The van der Waals surface area contributed by atoms with Crippen LogP contribution in [-0.4, -0.2) is 69.4 Å². The number of nitrogens with one attached hydrogen (secondary N) is 1. The number of quaternary nitrogens is 1. The van der Waals surface area contributed by atoms with Crippen LogP contribution < -0.4 is 10.2 Å². The van der Waals surface area contributed by atoms with Crippen LogP contribution in [0.15, 0.2) is 60.8 Å². The van der Waals surface area contributed by atoms with E-state index in [0.29, 0.717) is 23.9 Å². The fourth-order valence-electron chi connectivity index (χ4n) is 6.92. The van der Waals surface area contributed by atoms with Crippen LogP contribution in [0.5, 0.6) is 0 Å². The third-order valence-electron chi connectivity index (χ3n) is 10.9. The van der Waals surface area contributed by atoms with Gasteiger partial charge in [0.05, 0.1) is 33.8 Å². The number of likely N-dealkylation sites (N-methyl/N-ethyl adjacent to an activating group) is 1. The molecule has 3 unspecified atom stereocenters. The second kappa shape index (κ2) is 43.6. The number of allylic oxidation sites excluding steroid dienone is 9. The average molecular weight is 905 g/mol. The maximum absolute atomic E-state index is 13.3. The number of ether oxygens (including phenoxy) is 1. The highest BCUT2D eigenvalue weighted by Crippen LogP contribution is 2.38. The molecule has 9 nitrogen and oxygen atoms in total. The molecule has 366 valence electrons. The lowest BCUT2D eigenvalue weighted by Crippen LogP contribution is -2.47. The minimum absolute atomic E-state index is 0.0403. The van der Waals surface area contributed by atoms with Crippen molar-refractivity contribution >= 4 is 19.7 Å². The molecule has 0 aromatic heterocycles. The van der Waals surface area contributed by atoms with Gasteiger partial charge in [0, 0.05) is 12.8 Å². The van der Waals surface area contributed by atoms with Crippen LogP contribution in [0.4, 0.5) is 0 Å². The van der Waals surface area contributed by atoms with E-state index >= 15 is 0 Å². The van der Waals surface area contributed by atoms with E-state index in [-0.39, 0.29) is 25.4 Å². The molecule has 0 aromatic carbocycles. The number of amides is 1. The van der Waals surface area contributed by atoms with Gasteiger partial charge in [-0.3, -0.25) is 14.2 Å². The van der Waals surface area contributed by atoms with Gasteiger partial charge in [-0.25, -0.2) is 0 Å². The van der Waals surface area contributed by atoms with Crippen LogP contribution >= 0.6 is 7.82 Å². The molecular weight excluding hydrogens is 808 g/mol. The zero-order valence-corrected chi connectivity index (χ0v) is 42.4. The van der Waals surface area contributed by atoms with E-state index < -0.39 is 32.5 Å². The lowest BCUT2D eigenvalue weighted by atomic mass is 10.1. The second-order valence-corrected chi connectivity index (χ2v) is 19.7. The molecular formula is C53H97N2O7P. The zero-order chi connectivity index (χ0) is 46.5. The Morgan fingerprint density at radius 2 is 0.968 bits per heavy atom. The number of nitrogens with zero attached hydrogens (tertiary/aromatic N) is 1. The Hall–Kier alpha value is -2.29. The molecule has 0 aliphatic rings. The van der Waals surface area contributed by atoms with Gasteiger partial charge in [0.15, 0.2) is 0 Å². The van der Waals surface area contributed by atoms with E-state index in [9.17, 15) is 19.0 Å². The number of esters is 1. The topological polar surface area (TPSA) is 114 Å². The van der Waals surface area contributed by atoms with Crippen molar-refractivity contribution in [2.75, 3.05) is 40.9 Å². The van der Waals surface area contributed by atoms with Gasteiger partial charge in [-0.2, -0.15) is 0 Å². The van der Waals surface area contributed by atoms with E-state index in [1.807, 2.05) is 39.4 Å². The lowest BCUT2D eigenvalue weighted by Gasteiger charge is -2.30. The van der Waals surface area contributed by atoms with Gasteiger partial charge in [-0.05, 0) is 70.3 Å². The van der Waals surface area contributed by atoms with Crippen LogP contribution in [0, 0.1) is 0 Å². The molecule has 0 saturated carbocycles. The molecule has 0 heterocycles. The van der Waals surface area contributed by atoms with E-state index in [1.54, 1.807) is 6.08 Å². The predicted molar refractivity (Wildman–Crippen MR) is 265 cm³/mol. The first-order valence-electron chi connectivity index (χ1n) is 25.6. The Balaban J connectivity index is 5.60. The monoisotopic (exact) mass is 905 g/mol. The van der Waals surface area contributed by atoms with E-state index in [1.165, 1.54) is 122 Å². The van der Waals surface area contributed by atoms with E-state index in [4.69, 9.17) is 13.8 Å². The summed E-state index contributed by atoms with van der Waals surface area (Å²) >= 11 is 0. The fourth-order valence-corrected chi connectivity index (χ4v) is 7.64. The minimum Gasteiger partial charge on any atom is -0.756 e. The molecule has 63 heavy (non-hydrogen) atoms. The van der Waals surface area contributed by atoms with Gasteiger partial charge in [-0.1, -0.05) is 191 Å². The molecule has 0 aliphatic heterocycles. The van der Waals surface area contributed by atoms with Gasteiger partial charge in [0.2, 0.25) is 5.91 Å². The van der Waals surface area contributed by atoms with Gasteiger partial charge in [0.25, 0.3) is 7.82 Å². The Bertz CT molecular complexity index is 1270. The summed E-state index contributed by atoms with van der Waals surface area (Å²) in [6, 6.07) is -0.939. The average Bonchev–Trinajstić information content (AvgIpc) is 3.23. The van der Waals surface area contributed by atoms with Crippen LogP contribution in [0.1, 0.15) is 213 Å². The molecule has 0 aromatic rings. The van der Waals surface area contributed by atoms with Crippen molar-refractivity contribution in [3.8, 4) is 0 Å². The summed E-state index contributed by atoms with van der Waals surface area (Å²) in [6.07, 6.45) is 52.2. The zero-order valence-electron chi connectivity index (χ0n) is 41.5. The Labute approximate surface area is 388 Å². The van der Waals surface area contributed by atoms with Crippen LogP contribution in [0.3, 0.4) is 0 Å². The normalized spacial score (nSPS) is 14.5. The highest BCUT2D eigenvalue weighted by atomic mass is 31.2. The van der Waals surface area contributed by atoms with Crippen LogP contribution in [0.2, 0.25) is 0 Å². The number of rotatable bonds is 45. The Morgan fingerprint density at radius 3 is 1.43 bits per heavy atom. The summed E-state index contributed by atoms with van der Waals surface area (Å²) in [6.45, 7) is 6.71. The first kappa shape index (κ1) is 60.7. The Kier molecular flexibility index (Phi) is 42.0. The third kappa shape index (κ3) is 44.7. The lowest BCUT2D eigenvalue weighted by molar-refractivity contribution is -0.870. The first-order valence-corrected chi connectivity index (χ1v) is 27.1. The smallest absolute Gasteiger partial charge is 0.306 e. The number of phosphoric ester groups is 1. The summed E-state index contributed by atoms with van der Waals surface area (Å²) in [5.74, 6) is -0.702. The predicted octanol–water partition coefficient (Wildman–Crippen LogP) is 14.1. The van der Waals surface area contributed by atoms with Gasteiger partial charge in [-0.15, -0.1) is 0 Å². The summed E-state index contributed by atoms with van der Waals surface area (Å²) in [4.78, 5) is 39.5. The molecule has 1 amide bonds. The summed E-state index contributed by atoms with van der Waals surface area (Å²) in [7, 11) is 1.12. The van der Waals surface area contributed by atoms with Crippen molar-refractivity contribution in [1.29, 1.82) is 0 Å². The number of hydrogen-bond donors (Lipinski definition) is 1. The molecule has 0 saturated heterocycles. The second-order valence-electron chi connectivity index (χ2n) is 18.3. The molecule has 0 radical (unpaired) electrons. The van der Waals surface area contributed by atoms with Crippen molar-refractivity contribution < 1.29 is 37.3 Å². The molecule has 0 fully saturated rings. The minimum atomic E-state index is -4.71. The van der Waals surface area contributed by atoms with Crippen molar-refractivity contribution in [1.82, 2.24) is 5.32 Å². The molecule has 0 rings (SSSR count). The van der Waals surface area contributed by atoms with Crippen molar-refractivity contribution in [3.05, 3.63) is 60.8 Å². The Morgan fingerprint density at radius 1 is 0.556 bits per heavy atom. The number of carbonyl (C=O) groups is 2. The van der Waals surface area contributed by atoms with Gasteiger partial charge >= 0.3 is 5.97 Å². The van der Waals surface area contributed by atoms with Crippen LogP contribution in [-0.2, 0) is 27.9 Å².